The Morgan fingerprint density at radius 3 is 2.50 bits per heavy atom. The fourth-order valence-corrected chi connectivity index (χ4v) is 1.60. The lowest BCUT2D eigenvalue weighted by Crippen LogP contribution is -2.31. The molecule has 0 aromatic rings. The van der Waals surface area contributed by atoms with E-state index in [0.29, 0.717) is 12.8 Å². The SMILES string of the molecule is CC(C)(C(=O)O)[C@@H]1CCC(=O)C1. The number of carbonyl (C=O) groups excluding carboxylic acids is 1. The van der Waals surface area contributed by atoms with Crippen molar-refractivity contribution in [2.45, 2.75) is 33.1 Å². The predicted molar refractivity (Wildman–Crippen MR) is 43.8 cm³/mol. The number of rotatable bonds is 2. The van der Waals surface area contributed by atoms with E-state index < -0.39 is 11.4 Å². The third-order valence-electron chi connectivity index (χ3n) is 2.82. The van der Waals surface area contributed by atoms with Crippen LogP contribution in [0.2, 0.25) is 0 Å². The van der Waals surface area contributed by atoms with Crippen LogP contribution in [0.1, 0.15) is 33.1 Å². The van der Waals surface area contributed by atoms with Gasteiger partial charge in [-0.2, -0.15) is 0 Å². The van der Waals surface area contributed by atoms with Crippen LogP contribution in [0, 0.1) is 11.3 Å². The third-order valence-corrected chi connectivity index (χ3v) is 2.82. The van der Waals surface area contributed by atoms with Crippen molar-refractivity contribution in [1.29, 1.82) is 0 Å². The largest absolute Gasteiger partial charge is 0.481 e. The van der Waals surface area contributed by atoms with Crippen molar-refractivity contribution in [2.75, 3.05) is 0 Å². The highest BCUT2D eigenvalue weighted by molar-refractivity contribution is 5.83. The maximum absolute atomic E-state index is 10.9. The van der Waals surface area contributed by atoms with Gasteiger partial charge in [-0.15, -0.1) is 0 Å². The fourth-order valence-electron chi connectivity index (χ4n) is 1.60. The molecular formula is C9H14O3. The lowest BCUT2D eigenvalue weighted by Gasteiger charge is -2.25. The molecule has 1 N–H and O–H groups in total. The number of hydrogen-bond acceptors (Lipinski definition) is 2. The Morgan fingerprint density at radius 2 is 2.17 bits per heavy atom. The molecule has 0 aliphatic heterocycles. The van der Waals surface area contributed by atoms with Gasteiger partial charge >= 0.3 is 5.97 Å². The van der Waals surface area contributed by atoms with Gasteiger partial charge in [-0.1, -0.05) is 0 Å². The summed E-state index contributed by atoms with van der Waals surface area (Å²) in [7, 11) is 0. The summed E-state index contributed by atoms with van der Waals surface area (Å²) in [5.74, 6) is -0.570. The smallest absolute Gasteiger partial charge is 0.309 e. The molecule has 0 aromatic heterocycles. The quantitative estimate of drug-likeness (QED) is 0.682. The lowest BCUT2D eigenvalue weighted by molar-refractivity contribution is -0.150. The van der Waals surface area contributed by atoms with Gasteiger partial charge in [0.05, 0.1) is 5.41 Å². The molecule has 0 aromatic carbocycles. The van der Waals surface area contributed by atoms with Crippen molar-refractivity contribution in [3.63, 3.8) is 0 Å². The van der Waals surface area contributed by atoms with Crippen LogP contribution in [0.5, 0.6) is 0 Å². The molecule has 3 nitrogen and oxygen atoms in total. The van der Waals surface area contributed by atoms with E-state index in [0.717, 1.165) is 6.42 Å². The molecule has 1 atom stereocenters. The van der Waals surface area contributed by atoms with Crippen LogP contribution < -0.4 is 0 Å². The van der Waals surface area contributed by atoms with E-state index in [1.807, 2.05) is 0 Å². The van der Waals surface area contributed by atoms with Gasteiger partial charge in [0.2, 0.25) is 0 Å². The van der Waals surface area contributed by atoms with Crippen LogP contribution in [0.4, 0.5) is 0 Å². The monoisotopic (exact) mass is 170 g/mol. The zero-order chi connectivity index (χ0) is 9.35. The van der Waals surface area contributed by atoms with E-state index in [1.54, 1.807) is 13.8 Å². The predicted octanol–water partition coefficient (Wildman–Crippen LogP) is 1.47. The summed E-state index contributed by atoms with van der Waals surface area (Å²) in [4.78, 5) is 21.7. The molecule has 0 saturated heterocycles. The van der Waals surface area contributed by atoms with Crippen LogP contribution in [-0.4, -0.2) is 16.9 Å². The zero-order valence-corrected chi connectivity index (χ0v) is 7.46. The van der Waals surface area contributed by atoms with E-state index in [4.69, 9.17) is 5.11 Å². The van der Waals surface area contributed by atoms with Crippen molar-refractivity contribution < 1.29 is 14.7 Å². The average Bonchev–Trinajstić information content (AvgIpc) is 2.35. The highest BCUT2D eigenvalue weighted by Gasteiger charge is 2.40. The number of Topliss-reactive ketones (excluding diaryl/α,β-unsaturated/α-hetero) is 1. The second-order valence-corrected chi connectivity index (χ2v) is 4.01. The molecule has 0 spiro atoms. The standard InChI is InChI=1S/C9H14O3/c1-9(2,8(11)12)6-3-4-7(10)5-6/h6H,3-5H2,1-2H3,(H,11,12)/t6-/m1/s1. The molecule has 1 fully saturated rings. The van der Waals surface area contributed by atoms with Crippen LogP contribution in [0.25, 0.3) is 0 Å². The van der Waals surface area contributed by atoms with Gasteiger partial charge in [0.1, 0.15) is 5.78 Å². The third kappa shape index (κ3) is 1.49. The van der Waals surface area contributed by atoms with Gasteiger partial charge in [0.15, 0.2) is 0 Å². The molecule has 0 radical (unpaired) electrons. The maximum Gasteiger partial charge on any atom is 0.309 e. The summed E-state index contributed by atoms with van der Waals surface area (Å²) >= 11 is 0. The van der Waals surface area contributed by atoms with Gasteiger partial charge in [-0.3, -0.25) is 9.59 Å². The van der Waals surface area contributed by atoms with Gasteiger partial charge in [0, 0.05) is 12.8 Å². The topological polar surface area (TPSA) is 54.4 Å². The van der Waals surface area contributed by atoms with Crippen molar-refractivity contribution in [2.24, 2.45) is 11.3 Å². The second kappa shape index (κ2) is 2.88. The lowest BCUT2D eigenvalue weighted by atomic mass is 9.78. The summed E-state index contributed by atoms with van der Waals surface area (Å²) in [5.41, 5.74) is -0.744. The first-order valence-electron chi connectivity index (χ1n) is 4.19. The molecule has 12 heavy (non-hydrogen) atoms. The summed E-state index contributed by atoms with van der Waals surface area (Å²) in [6, 6.07) is 0. The van der Waals surface area contributed by atoms with Crippen LogP contribution in [0.15, 0.2) is 0 Å². The number of hydrogen-bond donors (Lipinski definition) is 1. The zero-order valence-electron chi connectivity index (χ0n) is 7.46. The first-order chi connectivity index (χ1) is 5.44. The normalized spacial score (nSPS) is 24.5. The number of ketones is 1. The van der Waals surface area contributed by atoms with Gasteiger partial charge in [-0.05, 0) is 26.2 Å². The summed E-state index contributed by atoms with van der Waals surface area (Å²) < 4.78 is 0. The molecule has 3 heteroatoms. The van der Waals surface area contributed by atoms with Crippen molar-refractivity contribution in [3.8, 4) is 0 Å². The van der Waals surface area contributed by atoms with E-state index in [1.165, 1.54) is 0 Å². The molecule has 0 bridgehead atoms. The molecule has 1 aliphatic carbocycles. The molecule has 0 heterocycles. The van der Waals surface area contributed by atoms with E-state index in [2.05, 4.69) is 0 Å². The minimum Gasteiger partial charge on any atom is -0.481 e. The maximum atomic E-state index is 10.9. The van der Waals surface area contributed by atoms with E-state index in [-0.39, 0.29) is 11.7 Å². The van der Waals surface area contributed by atoms with E-state index >= 15 is 0 Å². The minimum absolute atomic E-state index is 0.0301. The Bertz CT molecular complexity index is 218. The van der Waals surface area contributed by atoms with Crippen LogP contribution in [0.3, 0.4) is 0 Å². The molecular weight excluding hydrogens is 156 g/mol. The fraction of sp³-hybridized carbons (Fsp3) is 0.778. The molecule has 0 amide bonds. The van der Waals surface area contributed by atoms with Gasteiger partial charge in [0.25, 0.3) is 0 Å². The molecule has 1 aliphatic rings. The number of carbonyl (C=O) groups is 2. The molecule has 1 rings (SSSR count). The highest BCUT2D eigenvalue weighted by Crippen LogP contribution is 2.37. The molecule has 68 valence electrons. The Hall–Kier alpha value is -0.860. The Balaban J connectivity index is 2.70. The summed E-state index contributed by atoms with van der Waals surface area (Å²) in [6.07, 6.45) is 1.73. The van der Waals surface area contributed by atoms with E-state index in [9.17, 15) is 9.59 Å². The van der Waals surface area contributed by atoms with Crippen molar-refractivity contribution in [3.05, 3.63) is 0 Å². The average molecular weight is 170 g/mol. The summed E-state index contributed by atoms with van der Waals surface area (Å²) in [5, 5.41) is 8.88. The number of carboxylic acids is 1. The van der Waals surface area contributed by atoms with Crippen LogP contribution in [-0.2, 0) is 9.59 Å². The van der Waals surface area contributed by atoms with Crippen molar-refractivity contribution >= 4 is 11.8 Å². The van der Waals surface area contributed by atoms with Crippen LogP contribution >= 0.6 is 0 Å². The van der Waals surface area contributed by atoms with Gasteiger partial charge < -0.3 is 5.11 Å². The highest BCUT2D eigenvalue weighted by atomic mass is 16.4. The first kappa shape index (κ1) is 9.23. The summed E-state index contributed by atoms with van der Waals surface area (Å²) in [6.45, 7) is 3.39. The molecule has 1 saturated carbocycles. The van der Waals surface area contributed by atoms with Crippen molar-refractivity contribution in [1.82, 2.24) is 0 Å². The Morgan fingerprint density at radius 1 is 1.58 bits per heavy atom. The number of aliphatic carboxylic acids is 1. The molecule has 0 unspecified atom stereocenters. The second-order valence-electron chi connectivity index (χ2n) is 4.01. The minimum atomic E-state index is -0.804. The number of carboxylic acid groups (broad SMARTS) is 1. The Labute approximate surface area is 71.8 Å². The Kier molecular flexibility index (Phi) is 2.22. The first-order valence-corrected chi connectivity index (χ1v) is 4.19. The van der Waals surface area contributed by atoms with Gasteiger partial charge in [-0.25, -0.2) is 0 Å².